The first-order valence-electron chi connectivity index (χ1n) is 15.6. The van der Waals surface area contributed by atoms with Gasteiger partial charge in [-0.05, 0) is 104 Å². The molecule has 0 bridgehead atoms. The van der Waals surface area contributed by atoms with Gasteiger partial charge in [0.25, 0.3) is 5.91 Å². The Labute approximate surface area is 261 Å². The number of aromatic carboxylic acids is 1. The molecule has 2 saturated heterocycles. The molecule has 3 aliphatic heterocycles. The number of amides is 1. The molecule has 1 aliphatic carbocycles. The summed E-state index contributed by atoms with van der Waals surface area (Å²) in [6.07, 6.45) is -6.85. The van der Waals surface area contributed by atoms with Gasteiger partial charge in [0.2, 0.25) is 0 Å². The maximum absolute atomic E-state index is 14.0. The number of carboxylic acids is 1. The molecular weight excluding hydrogens is 621 g/mol. The first kappa shape index (κ1) is 32.7. The third-order valence-corrected chi connectivity index (χ3v) is 10.3. The zero-order valence-corrected chi connectivity index (χ0v) is 25.2. The Hall–Kier alpha value is -3.19. The van der Waals surface area contributed by atoms with Crippen molar-refractivity contribution in [2.45, 2.75) is 81.9 Å². The summed E-state index contributed by atoms with van der Waals surface area (Å²) < 4.78 is 102. The fourth-order valence-electron chi connectivity index (χ4n) is 7.78. The van der Waals surface area contributed by atoms with Gasteiger partial charge in [-0.1, -0.05) is 13.0 Å². The van der Waals surface area contributed by atoms with Gasteiger partial charge in [-0.2, -0.15) is 26.3 Å². The molecule has 0 spiro atoms. The van der Waals surface area contributed by atoms with E-state index in [1.807, 2.05) is 0 Å². The lowest BCUT2D eigenvalue weighted by Gasteiger charge is -2.48. The second-order valence-electron chi connectivity index (χ2n) is 13.2. The van der Waals surface area contributed by atoms with Crippen LogP contribution < -0.4 is 0 Å². The summed E-state index contributed by atoms with van der Waals surface area (Å²) in [4.78, 5) is 29.1. The number of halogens is 7. The Morgan fingerprint density at radius 2 is 1.72 bits per heavy atom. The summed E-state index contributed by atoms with van der Waals surface area (Å²) in [7, 11) is 0. The molecule has 1 saturated carbocycles. The number of alkyl halides is 6. The molecule has 4 aliphatic rings. The number of carbonyl (C=O) groups is 2. The quantitative estimate of drug-likeness (QED) is 0.355. The molecule has 2 aromatic rings. The highest BCUT2D eigenvalue weighted by atomic mass is 19.4. The number of rotatable bonds is 5. The van der Waals surface area contributed by atoms with Crippen LogP contribution in [-0.2, 0) is 34.8 Å². The maximum Gasteiger partial charge on any atom is 0.416 e. The normalized spacial score (nSPS) is 27.7. The van der Waals surface area contributed by atoms with E-state index in [2.05, 4.69) is 11.8 Å². The van der Waals surface area contributed by atoms with Gasteiger partial charge in [0.05, 0.1) is 23.3 Å². The summed E-state index contributed by atoms with van der Waals surface area (Å²) in [6.45, 7) is 3.32. The van der Waals surface area contributed by atoms with E-state index in [9.17, 15) is 45.4 Å². The molecule has 3 fully saturated rings. The molecule has 1 N–H and O–H groups in total. The Kier molecular flexibility index (Phi) is 8.40. The van der Waals surface area contributed by atoms with Gasteiger partial charge in [-0.15, -0.1) is 0 Å². The number of piperidine rings is 1. The highest BCUT2D eigenvalue weighted by Crippen LogP contribution is 2.49. The van der Waals surface area contributed by atoms with Gasteiger partial charge in [0.15, 0.2) is 0 Å². The molecule has 2 aromatic carbocycles. The smallest absolute Gasteiger partial charge is 0.416 e. The number of carbonyl (C=O) groups excluding carboxylic acids is 1. The SMILES string of the molecule is C[C@H]1CN([C@@H]2CC[C@@](C(=O)N3CCc4c(cc(C(F)(F)F)cc4C(F)(F)F)C3)(C3CC3)OC2)CC[C@@H]1c1ccc(F)c(C(=O)O)c1. The Bertz CT molecular complexity index is 1510. The molecule has 6 rings (SSSR count). The predicted molar refractivity (Wildman–Crippen MR) is 151 cm³/mol. The van der Waals surface area contributed by atoms with E-state index in [1.165, 1.54) is 17.0 Å². The van der Waals surface area contributed by atoms with E-state index in [-0.39, 0.29) is 78.6 Å². The van der Waals surface area contributed by atoms with Crippen molar-refractivity contribution in [1.29, 1.82) is 0 Å². The molecule has 3 heterocycles. The van der Waals surface area contributed by atoms with E-state index in [0.717, 1.165) is 30.9 Å². The molecule has 13 heteroatoms. The third-order valence-electron chi connectivity index (χ3n) is 10.3. The Morgan fingerprint density at radius 1 is 0.978 bits per heavy atom. The Balaban J connectivity index is 1.14. The first-order chi connectivity index (χ1) is 21.6. The molecule has 1 amide bonds. The topological polar surface area (TPSA) is 70.1 Å². The van der Waals surface area contributed by atoms with Crippen LogP contribution in [0.3, 0.4) is 0 Å². The third kappa shape index (κ3) is 6.12. The van der Waals surface area contributed by atoms with Crippen molar-refractivity contribution in [2.24, 2.45) is 11.8 Å². The maximum atomic E-state index is 14.0. The van der Waals surface area contributed by atoms with Crippen LogP contribution >= 0.6 is 0 Å². The van der Waals surface area contributed by atoms with E-state index in [4.69, 9.17) is 4.74 Å². The van der Waals surface area contributed by atoms with Gasteiger partial charge in [0, 0.05) is 25.7 Å². The molecule has 6 nitrogen and oxygen atoms in total. The van der Waals surface area contributed by atoms with E-state index >= 15 is 0 Å². The highest BCUT2D eigenvalue weighted by molar-refractivity contribution is 5.88. The van der Waals surface area contributed by atoms with Crippen LogP contribution in [0.5, 0.6) is 0 Å². The van der Waals surface area contributed by atoms with Crippen molar-refractivity contribution < 1.29 is 50.2 Å². The lowest BCUT2D eigenvalue weighted by Crippen LogP contribution is -2.59. The van der Waals surface area contributed by atoms with Crippen LogP contribution in [0.1, 0.15) is 83.1 Å². The first-order valence-corrected chi connectivity index (χ1v) is 15.6. The second-order valence-corrected chi connectivity index (χ2v) is 13.2. The average Bonchev–Trinajstić information content (AvgIpc) is 3.85. The standard InChI is InChI=1S/C33H35F7N2O4/c1-18-15-41(10-7-24(18)19-2-5-28(34)26(13-19)29(43)44)23-6-9-31(46-17-23,21-3-4-21)30(45)42-11-8-25-20(16-42)12-22(32(35,36)37)14-27(25)33(38,39)40/h2,5,12-14,18,21,23-24H,3-4,6-11,15-17H2,1H3,(H,43,44)/t18-,23+,24-,31-/m0/s1. The van der Waals surface area contributed by atoms with Crippen LogP contribution in [0.25, 0.3) is 0 Å². The van der Waals surface area contributed by atoms with Crippen molar-refractivity contribution in [3.05, 3.63) is 69.5 Å². The Morgan fingerprint density at radius 3 is 2.30 bits per heavy atom. The minimum absolute atomic E-state index is 0.0108. The summed E-state index contributed by atoms with van der Waals surface area (Å²) >= 11 is 0. The van der Waals surface area contributed by atoms with Crippen molar-refractivity contribution in [3.63, 3.8) is 0 Å². The van der Waals surface area contributed by atoms with Crippen molar-refractivity contribution in [1.82, 2.24) is 9.80 Å². The summed E-state index contributed by atoms with van der Waals surface area (Å²) in [6, 6.07) is 5.11. The second kappa shape index (κ2) is 11.8. The number of ether oxygens (including phenoxy) is 1. The number of hydrogen-bond acceptors (Lipinski definition) is 4. The van der Waals surface area contributed by atoms with Gasteiger partial charge in [-0.25, -0.2) is 9.18 Å². The number of carboxylic acid groups (broad SMARTS) is 1. The molecule has 250 valence electrons. The largest absolute Gasteiger partial charge is 0.478 e. The lowest BCUT2D eigenvalue weighted by molar-refractivity contribution is -0.177. The van der Waals surface area contributed by atoms with Crippen LogP contribution in [0.4, 0.5) is 30.7 Å². The minimum Gasteiger partial charge on any atom is -0.478 e. The highest BCUT2D eigenvalue weighted by Gasteiger charge is 2.56. The summed E-state index contributed by atoms with van der Waals surface area (Å²) in [5, 5.41) is 9.33. The van der Waals surface area contributed by atoms with Crippen LogP contribution in [0.15, 0.2) is 30.3 Å². The van der Waals surface area contributed by atoms with E-state index in [0.29, 0.717) is 25.9 Å². The van der Waals surface area contributed by atoms with Gasteiger partial charge in [-0.3, -0.25) is 9.69 Å². The summed E-state index contributed by atoms with van der Waals surface area (Å²) in [5.41, 5.74) is -3.78. The number of nitrogens with zero attached hydrogens (tertiary/aromatic N) is 2. The van der Waals surface area contributed by atoms with Crippen molar-refractivity contribution in [3.8, 4) is 0 Å². The van der Waals surface area contributed by atoms with E-state index in [1.54, 1.807) is 6.07 Å². The van der Waals surface area contributed by atoms with Crippen LogP contribution in [0.2, 0.25) is 0 Å². The number of hydrogen-bond donors (Lipinski definition) is 1. The number of benzene rings is 2. The number of likely N-dealkylation sites (tertiary alicyclic amines) is 1. The number of fused-ring (bicyclic) bond motifs is 1. The zero-order valence-electron chi connectivity index (χ0n) is 25.2. The summed E-state index contributed by atoms with van der Waals surface area (Å²) in [5.74, 6) is -2.34. The predicted octanol–water partition coefficient (Wildman–Crippen LogP) is 6.90. The fraction of sp³-hybridized carbons (Fsp3) is 0.576. The molecule has 0 unspecified atom stereocenters. The lowest BCUT2D eigenvalue weighted by atomic mass is 9.79. The molecule has 0 radical (unpaired) electrons. The molecular formula is C33H35F7N2O4. The molecule has 4 atom stereocenters. The van der Waals surface area contributed by atoms with Gasteiger partial charge in [0.1, 0.15) is 11.4 Å². The molecule has 0 aromatic heterocycles. The van der Waals surface area contributed by atoms with Gasteiger partial charge < -0.3 is 14.7 Å². The zero-order chi connectivity index (χ0) is 33.2. The minimum atomic E-state index is -4.97. The van der Waals surface area contributed by atoms with Gasteiger partial charge >= 0.3 is 18.3 Å². The van der Waals surface area contributed by atoms with Crippen molar-refractivity contribution >= 4 is 11.9 Å². The van der Waals surface area contributed by atoms with E-state index < -0.39 is 40.9 Å². The molecule has 46 heavy (non-hydrogen) atoms. The monoisotopic (exact) mass is 656 g/mol. The van der Waals surface area contributed by atoms with Crippen LogP contribution in [0, 0.1) is 17.7 Å². The van der Waals surface area contributed by atoms with Crippen LogP contribution in [-0.4, -0.2) is 64.7 Å². The average molecular weight is 657 g/mol. The van der Waals surface area contributed by atoms with Crippen molar-refractivity contribution in [2.75, 3.05) is 26.2 Å². The fourth-order valence-corrected chi connectivity index (χ4v) is 7.78.